The number of hydrogen-bond donors (Lipinski definition) is 1. The molecule has 0 atom stereocenters. The molecule has 1 aliphatic heterocycles. The van der Waals surface area contributed by atoms with Crippen LogP contribution in [0.3, 0.4) is 0 Å². The summed E-state index contributed by atoms with van der Waals surface area (Å²) < 4.78 is 1.86. The van der Waals surface area contributed by atoms with E-state index in [0.29, 0.717) is 12.5 Å². The highest BCUT2D eigenvalue weighted by Gasteiger charge is 2.28. The molecule has 2 fully saturated rings. The van der Waals surface area contributed by atoms with E-state index in [1.54, 1.807) is 0 Å². The Morgan fingerprint density at radius 2 is 1.55 bits per heavy atom. The number of benzene rings is 2. The maximum atomic E-state index is 12.8. The van der Waals surface area contributed by atoms with Gasteiger partial charge in [-0.05, 0) is 30.5 Å². The Balaban J connectivity index is 1.18. The molecule has 1 aliphatic carbocycles. The number of amides is 1. The predicted molar refractivity (Wildman–Crippen MR) is 122 cm³/mol. The van der Waals surface area contributed by atoms with Gasteiger partial charge in [-0.2, -0.15) is 5.10 Å². The van der Waals surface area contributed by atoms with E-state index in [0.717, 1.165) is 49.9 Å². The number of piperazine rings is 1. The van der Waals surface area contributed by atoms with Crippen LogP contribution >= 0.6 is 0 Å². The summed E-state index contributed by atoms with van der Waals surface area (Å²) >= 11 is 0. The van der Waals surface area contributed by atoms with Crippen LogP contribution in [0.25, 0.3) is 5.69 Å². The van der Waals surface area contributed by atoms with Crippen LogP contribution in [0.1, 0.15) is 30.0 Å². The fraction of sp³-hybridized carbons (Fsp3) is 0.360. The second-order valence-electron chi connectivity index (χ2n) is 8.56. The molecule has 3 aromatic rings. The van der Waals surface area contributed by atoms with E-state index in [1.165, 1.54) is 18.4 Å². The lowest BCUT2D eigenvalue weighted by Crippen LogP contribution is -2.48. The Kier molecular flexibility index (Phi) is 5.82. The van der Waals surface area contributed by atoms with Crippen molar-refractivity contribution in [2.24, 2.45) is 0 Å². The maximum absolute atomic E-state index is 12.8. The van der Waals surface area contributed by atoms with Crippen LogP contribution in [0, 0.1) is 0 Å². The van der Waals surface area contributed by atoms with E-state index in [-0.39, 0.29) is 5.91 Å². The van der Waals surface area contributed by atoms with E-state index in [2.05, 4.69) is 45.4 Å². The number of carbonyl (C=O) groups excluding carboxylic acids is 1. The molecule has 1 N–H and O–H groups in total. The molecule has 1 aromatic heterocycles. The lowest BCUT2D eigenvalue weighted by Gasteiger charge is -2.34. The summed E-state index contributed by atoms with van der Waals surface area (Å²) in [4.78, 5) is 17.5. The summed E-state index contributed by atoms with van der Waals surface area (Å²) in [5.41, 5.74) is 3.39. The molecule has 1 amide bonds. The SMILES string of the molecule is O=C(CN1CCN(Cc2ccccc2)CC1)Nc1cc(C2CC2)nn1-c1ccccc1. The van der Waals surface area contributed by atoms with Crippen LogP contribution < -0.4 is 5.32 Å². The summed E-state index contributed by atoms with van der Waals surface area (Å²) in [6, 6.07) is 22.6. The van der Waals surface area contributed by atoms with Gasteiger partial charge in [-0.1, -0.05) is 48.5 Å². The average molecular weight is 416 g/mol. The molecule has 5 rings (SSSR count). The molecule has 6 heteroatoms. The third-order valence-corrected chi connectivity index (χ3v) is 6.07. The maximum Gasteiger partial charge on any atom is 0.239 e. The van der Waals surface area contributed by atoms with Gasteiger partial charge in [0.25, 0.3) is 0 Å². The van der Waals surface area contributed by atoms with Gasteiger partial charge >= 0.3 is 0 Å². The molecule has 1 saturated carbocycles. The van der Waals surface area contributed by atoms with Gasteiger partial charge in [-0.15, -0.1) is 0 Å². The van der Waals surface area contributed by atoms with Gasteiger partial charge in [0.15, 0.2) is 0 Å². The third-order valence-electron chi connectivity index (χ3n) is 6.07. The molecule has 2 aliphatic rings. The van der Waals surface area contributed by atoms with Crippen LogP contribution in [0.2, 0.25) is 0 Å². The van der Waals surface area contributed by atoms with Crippen LogP contribution in [-0.2, 0) is 11.3 Å². The first-order chi connectivity index (χ1) is 15.2. The van der Waals surface area contributed by atoms with Crippen molar-refractivity contribution in [3.05, 3.63) is 78.0 Å². The number of para-hydroxylation sites is 1. The number of rotatable bonds is 7. The number of aromatic nitrogens is 2. The first-order valence-corrected chi connectivity index (χ1v) is 11.2. The summed E-state index contributed by atoms with van der Waals surface area (Å²) in [6.07, 6.45) is 2.37. The number of nitrogens with one attached hydrogen (secondary N) is 1. The molecule has 0 radical (unpaired) electrons. The minimum absolute atomic E-state index is 0.0240. The highest BCUT2D eigenvalue weighted by Crippen LogP contribution is 2.40. The summed E-state index contributed by atoms with van der Waals surface area (Å²) in [6.45, 7) is 5.17. The van der Waals surface area contributed by atoms with Crippen molar-refractivity contribution in [2.45, 2.75) is 25.3 Å². The molecule has 6 nitrogen and oxygen atoms in total. The van der Waals surface area contributed by atoms with Gasteiger partial charge in [0.2, 0.25) is 5.91 Å². The fourth-order valence-electron chi connectivity index (χ4n) is 4.17. The van der Waals surface area contributed by atoms with Crippen LogP contribution in [0.15, 0.2) is 66.7 Å². The Hall–Kier alpha value is -2.96. The minimum atomic E-state index is 0.0240. The Morgan fingerprint density at radius 1 is 0.903 bits per heavy atom. The highest BCUT2D eigenvalue weighted by molar-refractivity contribution is 5.91. The zero-order valence-corrected chi connectivity index (χ0v) is 17.8. The van der Waals surface area contributed by atoms with E-state index in [1.807, 2.05) is 41.1 Å². The van der Waals surface area contributed by atoms with Gasteiger partial charge in [0.1, 0.15) is 5.82 Å². The standard InChI is InChI=1S/C25H29N5O/c31-25(19-29-15-13-28(14-16-29)18-20-7-3-1-4-8-20)26-24-17-23(21-11-12-21)27-30(24)22-9-5-2-6-10-22/h1-10,17,21H,11-16,18-19H2,(H,26,31). The molecule has 1 saturated heterocycles. The Labute approximate surface area is 183 Å². The van der Waals surface area contributed by atoms with Gasteiger partial charge in [-0.3, -0.25) is 14.6 Å². The van der Waals surface area contributed by atoms with Crippen molar-refractivity contribution < 1.29 is 4.79 Å². The molecular weight excluding hydrogens is 386 g/mol. The first kappa shape index (κ1) is 20.0. The lowest BCUT2D eigenvalue weighted by molar-refractivity contribution is -0.117. The highest BCUT2D eigenvalue weighted by atomic mass is 16.2. The van der Waals surface area contributed by atoms with Crippen molar-refractivity contribution in [1.29, 1.82) is 0 Å². The van der Waals surface area contributed by atoms with Crippen molar-refractivity contribution in [3.63, 3.8) is 0 Å². The molecule has 0 unspecified atom stereocenters. The molecule has 160 valence electrons. The van der Waals surface area contributed by atoms with Crippen molar-refractivity contribution in [1.82, 2.24) is 19.6 Å². The molecular formula is C25H29N5O. The second-order valence-corrected chi connectivity index (χ2v) is 8.56. The van der Waals surface area contributed by atoms with Gasteiger partial charge in [0.05, 0.1) is 17.9 Å². The zero-order chi connectivity index (χ0) is 21.0. The summed E-state index contributed by atoms with van der Waals surface area (Å²) in [7, 11) is 0. The molecule has 2 aromatic carbocycles. The average Bonchev–Trinajstić information content (AvgIpc) is 3.57. The quantitative estimate of drug-likeness (QED) is 0.642. The molecule has 2 heterocycles. The van der Waals surface area contributed by atoms with Gasteiger partial charge in [-0.25, -0.2) is 4.68 Å². The van der Waals surface area contributed by atoms with E-state index in [4.69, 9.17) is 5.10 Å². The number of nitrogens with zero attached hydrogens (tertiary/aromatic N) is 4. The number of hydrogen-bond acceptors (Lipinski definition) is 4. The third kappa shape index (κ3) is 5.03. The minimum Gasteiger partial charge on any atom is -0.309 e. The van der Waals surface area contributed by atoms with Crippen LogP contribution in [-0.4, -0.2) is 58.2 Å². The number of anilines is 1. The number of carbonyl (C=O) groups is 1. The van der Waals surface area contributed by atoms with Gasteiger partial charge < -0.3 is 5.32 Å². The predicted octanol–water partition coefficient (Wildman–Crippen LogP) is 3.51. The van der Waals surface area contributed by atoms with Crippen molar-refractivity contribution in [3.8, 4) is 5.69 Å². The Morgan fingerprint density at radius 3 is 2.23 bits per heavy atom. The van der Waals surface area contributed by atoms with E-state index < -0.39 is 0 Å². The zero-order valence-electron chi connectivity index (χ0n) is 17.8. The topological polar surface area (TPSA) is 53.4 Å². The van der Waals surface area contributed by atoms with Gasteiger partial charge in [0, 0.05) is 44.7 Å². The smallest absolute Gasteiger partial charge is 0.239 e. The summed E-state index contributed by atoms with van der Waals surface area (Å²) in [5.74, 6) is 1.33. The molecule has 31 heavy (non-hydrogen) atoms. The fourth-order valence-corrected chi connectivity index (χ4v) is 4.17. The first-order valence-electron chi connectivity index (χ1n) is 11.2. The molecule has 0 spiro atoms. The summed E-state index contributed by atoms with van der Waals surface area (Å²) in [5, 5.41) is 7.89. The van der Waals surface area contributed by atoms with E-state index in [9.17, 15) is 4.79 Å². The Bertz CT molecular complexity index is 1000. The van der Waals surface area contributed by atoms with E-state index >= 15 is 0 Å². The normalized spacial score (nSPS) is 17.5. The van der Waals surface area contributed by atoms with Crippen LogP contribution in [0.4, 0.5) is 5.82 Å². The van der Waals surface area contributed by atoms with Crippen molar-refractivity contribution >= 4 is 11.7 Å². The largest absolute Gasteiger partial charge is 0.309 e. The molecule has 0 bridgehead atoms. The second kappa shape index (κ2) is 9.04. The lowest BCUT2D eigenvalue weighted by atomic mass is 10.2. The van der Waals surface area contributed by atoms with Crippen LogP contribution in [0.5, 0.6) is 0 Å². The van der Waals surface area contributed by atoms with Crippen molar-refractivity contribution in [2.75, 3.05) is 38.0 Å². The monoisotopic (exact) mass is 415 g/mol.